The van der Waals surface area contributed by atoms with Gasteiger partial charge in [-0.3, -0.25) is 20.1 Å². The number of likely N-dealkylation sites (N-methyl/N-ethyl adjacent to an activating group) is 1. The summed E-state index contributed by atoms with van der Waals surface area (Å²) < 4.78 is 20.5. The van der Waals surface area contributed by atoms with Crippen molar-refractivity contribution in [3.05, 3.63) is 73.2 Å². The summed E-state index contributed by atoms with van der Waals surface area (Å²) in [6.45, 7) is 3.19. The van der Waals surface area contributed by atoms with Gasteiger partial charge in [0.1, 0.15) is 30.1 Å². The Hall–Kier alpha value is -4.87. The van der Waals surface area contributed by atoms with E-state index in [0.29, 0.717) is 35.7 Å². The highest BCUT2D eigenvalue weighted by Gasteiger charge is 2.16. The molecule has 5 heterocycles. The molecule has 5 aromatic heterocycles. The van der Waals surface area contributed by atoms with E-state index in [4.69, 9.17) is 4.74 Å². The Kier molecular flexibility index (Phi) is 7.99. The number of rotatable bonds is 11. The summed E-state index contributed by atoms with van der Waals surface area (Å²) in [5, 5.41) is 22.7. The minimum Gasteiger partial charge on any atom is -0.492 e. The minimum absolute atomic E-state index is 0.378. The number of aliphatic hydroxyl groups is 1. The Morgan fingerprint density at radius 3 is 2.65 bits per heavy atom. The summed E-state index contributed by atoms with van der Waals surface area (Å²) in [4.78, 5) is 18.8. The van der Waals surface area contributed by atoms with E-state index in [2.05, 4.69) is 35.5 Å². The molecule has 4 N–H and O–H groups in total. The molecule has 1 atom stereocenters. The number of aromatic amines is 2. The predicted octanol–water partition coefficient (Wildman–Crippen LogP) is 5.84. The lowest BCUT2D eigenvalue weighted by atomic mass is 10.0. The highest BCUT2D eigenvalue weighted by molar-refractivity contribution is 6.01. The van der Waals surface area contributed by atoms with Crippen LogP contribution in [0.1, 0.15) is 19.8 Å². The van der Waals surface area contributed by atoms with Gasteiger partial charge in [0.2, 0.25) is 0 Å². The van der Waals surface area contributed by atoms with Crippen molar-refractivity contribution < 1.29 is 14.2 Å². The lowest BCUT2D eigenvalue weighted by molar-refractivity contribution is 0.192. The number of fused-ring (bicyclic) bond motifs is 2. The molecule has 11 heteroatoms. The number of pyridine rings is 3. The molecule has 0 aliphatic carbocycles. The van der Waals surface area contributed by atoms with Crippen molar-refractivity contribution in [2.45, 2.75) is 26.0 Å². The second kappa shape index (κ2) is 12.2. The third-order valence-corrected chi connectivity index (χ3v) is 7.17. The van der Waals surface area contributed by atoms with Crippen LogP contribution in [-0.2, 0) is 0 Å². The smallest absolute Gasteiger partial charge is 0.127 e. The van der Waals surface area contributed by atoms with E-state index in [1.54, 1.807) is 31.0 Å². The largest absolute Gasteiger partial charge is 0.492 e. The number of halogens is 1. The summed E-state index contributed by atoms with van der Waals surface area (Å²) in [6.07, 6.45) is 9.50. The topological polar surface area (TPSA) is 128 Å². The molecule has 0 saturated heterocycles. The first-order valence-electron chi connectivity index (χ1n) is 14.2. The highest BCUT2D eigenvalue weighted by atomic mass is 19.1. The van der Waals surface area contributed by atoms with Crippen molar-refractivity contribution in [3.8, 4) is 39.5 Å². The number of hydrogen-bond acceptors (Lipinski definition) is 8. The standard InChI is InChI=1S/C32H33FN8O2/c1-4-5-31(42)37-22-9-20(14-34-15-22)27-13-25-30(18-36-27)39-40-32(25)28-12-24-26(16-35-17-29(24)38-28)19-8-21(33)11-23(10-19)43-7-6-41(2)3/h8-18,31,37-38,42H,4-7H2,1-3H3,(H,39,40). The van der Waals surface area contributed by atoms with Gasteiger partial charge in [-0.1, -0.05) is 13.3 Å². The monoisotopic (exact) mass is 580 g/mol. The molecule has 0 amide bonds. The zero-order valence-electron chi connectivity index (χ0n) is 24.2. The van der Waals surface area contributed by atoms with Crippen molar-refractivity contribution in [2.24, 2.45) is 0 Å². The molecule has 43 heavy (non-hydrogen) atoms. The van der Waals surface area contributed by atoms with Crippen LogP contribution >= 0.6 is 0 Å². The first kappa shape index (κ1) is 28.3. The van der Waals surface area contributed by atoms with Crippen LogP contribution in [0.2, 0.25) is 0 Å². The molecule has 0 bridgehead atoms. The van der Waals surface area contributed by atoms with Gasteiger partial charge in [-0.25, -0.2) is 4.39 Å². The van der Waals surface area contributed by atoms with Gasteiger partial charge >= 0.3 is 0 Å². The number of aromatic nitrogens is 6. The predicted molar refractivity (Wildman–Crippen MR) is 166 cm³/mol. The van der Waals surface area contributed by atoms with E-state index >= 15 is 0 Å². The number of hydrogen-bond donors (Lipinski definition) is 4. The fourth-order valence-corrected chi connectivity index (χ4v) is 5.03. The minimum atomic E-state index is -0.645. The number of aliphatic hydroxyl groups excluding tert-OH is 1. The van der Waals surface area contributed by atoms with Crippen LogP contribution in [-0.4, -0.2) is 73.6 Å². The number of nitrogens with zero attached hydrogens (tertiary/aromatic N) is 5. The molecule has 6 rings (SSSR count). The van der Waals surface area contributed by atoms with Gasteiger partial charge in [0.05, 0.1) is 46.7 Å². The van der Waals surface area contributed by atoms with Crippen molar-refractivity contribution >= 4 is 27.5 Å². The van der Waals surface area contributed by atoms with E-state index in [9.17, 15) is 9.50 Å². The Balaban J connectivity index is 1.34. The molecule has 220 valence electrons. The van der Waals surface area contributed by atoms with Gasteiger partial charge in [0.25, 0.3) is 0 Å². The number of anilines is 1. The summed E-state index contributed by atoms with van der Waals surface area (Å²) in [5.41, 5.74) is 6.76. The van der Waals surface area contributed by atoms with Crippen LogP contribution in [0.3, 0.4) is 0 Å². The maximum atomic E-state index is 14.6. The van der Waals surface area contributed by atoms with E-state index in [1.807, 2.05) is 50.2 Å². The van der Waals surface area contributed by atoms with Gasteiger partial charge in [-0.2, -0.15) is 5.10 Å². The van der Waals surface area contributed by atoms with E-state index < -0.39 is 6.23 Å². The van der Waals surface area contributed by atoms with Crippen molar-refractivity contribution in [3.63, 3.8) is 0 Å². The number of benzene rings is 1. The Labute approximate surface area is 248 Å². The molecular weight excluding hydrogens is 547 g/mol. The van der Waals surface area contributed by atoms with Crippen LogP contribution < -0.4 is 10.1 Å². The molecule has 0 saturated carbocycles. The molecule has 0 radical (unpaired) electrons. The first-order valence-corrected chi connectivity index (χ1v) is 14.2. The number of nitrogens with one attached hydrogen (secondary N) is 3. The lowest BCUT2D eigenvalue weighted by Crippen LogP contribution is -2.19. The van der Waals surface area contributed by atoms with Gasteiger partial charge in [-0.15, -0.1) is 0 Å². The third-order valence-electron chi connectivity index (χ3n) is 7.17. The zero-order valence-corrected chi connectivity index (χ0v) is 24.2. The fraction of sp³-hybridized carbons (Fsp3) is 0.250. The van der Waals surface area contributed by atoms with Gasteiger partial charge in [0, 0.05) is 46.9 Å². The normalized spacial score (nSPS) is 12.3. The van der Waals surface area contributed by atoms with Crippen LogP contribution in [0, 0.1) is 5.82 Å². The molecule has 1 unspecified atom stereocenters. The van der Waals surface area contributed by atoms with Gasteiger partial charge in [-0.05, 0) is 56.4 Å². The fourth-order valence-electron chi connectivity index (χ4n) is 5.03. The van der Waals surface area contributed by atoms with Crippen LogP contribution in [0.5, 0.6) is 5.75 Å². The Bertz CT molecular complexity index is 1880. The van der Waals surface area contributed by atoms with E-state index in [0.717, 1.165) is 57.3 Å². The Morgan fingerprint density at radius 2 is 1.81 bits per heavy atom. The summed E-state index contributed by atoms with van der Waals surface area (Å²) >= 11 is 0. The molecule has 0 aliphatic heterocycles. The molecule has 0 aliphatic rings. The average Bonchev–Trinajstić information content (AvgIpc) is 3.60. The second-order valence-electron chi connectivity index (χ2n) is 10.8. The number of H-pyrrole nitrogens is 2. The molecule has 6 aromatic rings. The molecule has 0 fully saturated rings. The van der Waals surface area contributed by atoms with Gasteiger partial charge < -0.3 is 25.0 Å². The van der Waals surface area contributed by atoms with Crippen molar-refractivity contribution in [1.29, 1.82) is 0 Å². The molecular formula is C32H33FN8O2. The van der Waals surface area contributed by atoms with Crippen LogP contribution in [0.15, 0.2) is 67.4 Å². The SMILES string of the molecule is CCCC(O)Nc1cncc(-c2cc3c(-c4cc5c(-c6cc(F)cc(OCCN(C)C)c6)cncc5[nH]4)n[nH]c3cn2)c1. The molecule has 0 spiro atoms. The maximum absolute atomic E-state index is 14.6. The van der Waals surface area contributed by atoms with E-state index in [1.165, 1.54) is 12.1 Å². The zero-order chi connectivity index (χ0) is 29.9. The average molecular weight is 581 g/mol. The summed E-state index contributed by atoms with van der Waals surface area (Å²) in [6, 6.07) is 10.6. The summed E-state index contributed by atoms with van der Waals surface area (Å²) in [7, 11) is 3.92. The molecule has 10 nitrogen and oxygen atoms in total. The number of ether oxygens (including phenoxy) is 1. The highest BCUT2D eigenvalue weighted by Crippen LogP contribution is 2.35. The van der Waals surface area contributed by atoms with Crippen LogP contribution in [0.4, 0.5) is 10.1 Å². The first-order chi connectivity index (χ1) is 20.9. The van der Waals surface area contributed by atoms with Crippen molar-refractivity contribution in [1.82, 2.24) is 35.0 Å². The molecule has 1 aromatic carbocycles. The second-order valence-corrected chi connectivity index (χ2v) is 10.8. The van der Waals surface area contributed by atoms with Crippen molar-refractivity contribution in [2.75, 3.05) is 32.6 Å². The maximum Gasteiger partial charge on any atom is 0.127 e. The van der Waals surface area contributed by atoms with Gasteiger partial charge in [0.15, 0.2) is 0 Å². The Morgan fingerprint density at radius 1 is 0.953 bits per heavy atom. The summed E-state index contributed by atoms with van der Waals surface area (Å²) in [5.74, 6) is 0.0913. The van der Waals surface area contributed by atoms with E-state index in [-0.39, 0.29) is 5.82 Å². The third kappa shape index (κ3) is 6.18. The quantitative estimate of drug-likeness (QED) is 0.141. The van der Waals surface area contributed by atoms with Crippen LogP contribution in [0.25, 0.3) is 55.6 Å². The lowest BCUT2D eigenvalue weighted by Gasteiger charge is -2.13.